The molecule has 3 heteroatoms. The minimum absolute atomic E-state index is 0.543. The molecule has 0 N–H and O–H groups in total. The van der Waals surface area contributed by atoms with E-state index in [4.69, 9.17) is 16.6 Å². The average molecular weight is 267 g/mol. The Morgan fingerprint density at radius 2 is 2.06 bits per heavy atom. The van der Waals surface area contributed by atoms with Crippen LogP contribution in [0.4, 0.5) is 5.82 Å². The van der Waals surface area contributed by atoms with Crippen molar-refractivity contribution in [2.75, 3.05) is 11.4 Å². The number of aryl methyl sites for hydroxylation is 1. The van der Waals surface area contributed by atoms with Crippen molar-refractivity contribution in [1.82, 2.24) is 4.98 Å². The molecule has 1 aromatic rings. The minimum atomic E-state index is 0.543. The van der Waals surface area contributed by atoms with Gasteiger partial charge in [-0.3, -0.25) is 0 Å². The molecule has 0 radical (unpaired) electrons. The molecule has 0 spiro atoms. The van der Waals surface area contributed by atoms with E-state index in [0.29, 0.717) is 11.9 Å². The van der Waals surface area contributed by atoms with Crippen molar-refractivity contribution in [3.63, 3.8) is 0 Å². The van der Waals surface area contributed by atoms with E-state index >= 15 is 0 Å². The van der Waals surface area contributed by atoms with Gasteiger partial charge in [-0.1, -0.05) is 19.9 Å². The predicted molar refractivity (Wildman–Crippen MR) is 78.3 cm³/mol. The number of anilines is 1. The molecular weight excluding hydrogens is 244 g/mol. The van der Waals surface area contributed by atoms with Crippen molar-refractivity contribution in [1.29, 1.82) is 0 Å². The van der Waals surface area contributed by atoms with E-state index in [9.17, 15) is 0 Å². The fraction of sp³-hybridized carbons (Fsp3) is 0.667. The van der Waals surface area contributed by atoms with Crippen molar-refractivity contribution in [2.24, 2.45) is 11.8 Å². The van der Waals surface area contributed by atoms with Gasteiger partial charge >= 0.3 is 0 Å². The summed E-state index contributed by atoms with van der Waals surface area (Å²) in [6, 6.07) is 4.79. The van der Waals surface area contributed by atoms with Crippen LogP contribution in [0.5, 0.6) is 0 Å². The van der Waals surface area contributed by atoms with Crippen LogP contribution in [0.2, 0.25) is 0 Å². The molecule has 0 bridgehead atoms. The summed E-state index contributed by atoms with van der Waals surface area (Å²) in [5.41, 5.74) is 2.19. The normalized spacial score (nSPS) is 28.5. The monoisotopic (exact) mass is 266 g/mol. The van der Waals surface area contributed by atoms with Crippen LogP contribution in [0.1, 0.15) is 38.4 Å². The number of aromatic nitrogens is 1. The van der Waals surface area contributed by atoms with E-state index in [1.165, 1.54) is 6.42 Å². The first kappa shape index (κ1) is 13.7. The summed E-state index contributed by atoms with van der Waals surface area (Å²) in [5, 5.41) is 0. The van der Waals surface area contributed by atoms with Gasteiger partial charge in [-0.2, -0.15) is 0 Å². The van der Waals surface area contributed by atoms with Gasteiger partial charge in [-0.25, -0.2) is 4.98 Å². The van der Waals surface area contributed by atoms with Gasteiger partial charge in [0, 0.05) is 24.2 Å². The fourth-order valence-corrected chi connectivity index (χ4v) is 3.18. The summed E-state index contributed by atoms with van der Waals surface area (Å²) >= 11 is 5.89. The highest BCUT2D eigenvalue weighted by Crippen LogP contribution is 2.30. The highest BCUT2D eigenvalue weighted by atomic mass is 35.5. The molecule has 3 atom stereocenters. The topological polar surface area (TPSA) is 16.1 Å². The number of rotatable bonds is 2. The quantitative estimate of drug-likeness (QED) is 0.752. The SMILES string of the molecule is Cc1nc(N2CC(C)CC(C)C2C)ccc1CCl. The number of hydrogen-bond acceptors (Lipinski definition) is 2. The molecule has 1 aliphatic rings. The molecule has 2 heterocycles. The summed E-state index contributed by atoms with van der Waals surface area (Å²) in [6.07, 6.45) is 1.32. The lowest BCUT2D eigenvalue weighted by atomic mass is 9.86. The number of nitrogens with zero attached hydrogens (tertiary/aromatic N) is 2. The van der Waals surface area contributed by atoms with E-state index in [2.05, 4.69) is 37.8 Å². The third-order valence-electron chi connectivity index (χ3n) is 4.22. The van der Waals surface area contributed by atoms with E-state index < -0.39 is 0 Å². The first-order chi connectivity index (χ1) is 8.52. The zero-order valence-electron chi connectivity index (χ0n) is 11.8. The molecule has 0 aromatic carbocycles. The number of alkyl halides is 1. The number of hydrogen-bond donors (Lipinski definition) is 0. The second kappa shape index (κ2) is 5.48. The summed E-state index contributed by atoms with van der Waals surface area (Å²) < 4.78 is 0. The van der Waals surface area contributed by atoms with Gasteiger partial charge in [0.05, 0.1) is 0 Å². The van der Waals surface area contributed by atoms with Gasteiger partial charge in [0.15, 0.2) is 0 Å². The lowest BCUT2D eigenvalue weighted by Gasteiger charge is -2.42. The largest absolute Gasteiger partial charge is 0.353 e. The minimum Gasteiger partial charge on any atom is -0.353 e. The van der Waals surface area contributed by atoms with E-state index in [1.54, 1.807) is 0 Å². The number of halogens is 1. The standard InChI is InChI=1S/C15H23ClN2/c1-10-7-11(2)13(4)18(9-10)15-6-5-14(8-16)12(3)17-15/h5-6,10-11,13H,7-9H2,1-4H3. The molecule has 1 aromatic heterocycles. The van der Waals surface area contributed by atoms with Gasteiger partial charge in [0.2, 0.25) is 0 Å². The second-order valence-electron chi connectivity index (χ2n) is 5.76. The Hall–Kier alpha value is -0.760. The molecular formula is C15H23ClN2. The zero-order valence-corrected chi connectivity index (χ0v) is 12.5. The molecule has 2 rings (SSSR count). The molecule has 1 saturated heterocycles. The molecule has 0 amide bonds. The third-order valence-corrected chi connectivity index (χ3v) is 4.50. The zero-order chi connectivity index (χ0) is 13.3. The lowest BCUT2D eigenvalue weighted by molar-refractivity contribution is 0.295. The molecule has 1 fully saturated rings. The summed E-state index contributed by atoms with van der Waals surface area (Å²) in [5.74, 6) is 3.11. The first-order valence-corrected chi connectivity index (χ1v) is 7.35. The predicted octanol–water partition coefficient (Wildman–Crippen LogP) is 4.00. The Labute approximate surface area is 115 Å². The Bertz CT molecular complexity index is 419. The molecule has 100 valence electrons. The van der Waals surface area contributed by atoms with Crippen LogP contribution in [-0.4, -0.2) is 17.6 Å². The molecule has 3 unspecified atom stereocenters. The van der Waals surface area contributed by atoms with Crippen molar-refractivity contribution in [3.8, 4) is 0 Å². The highest BCUT2D eigenvalue weighted by Gasteiger charge is 2.29. The fourth-order valence-electron chi connectivity index (χ4n) is 2.90. The summed E-state index contributed by atoms with van der Waals surface area (Å²) in [6.45, 7) is 10.1. The smallest absolute Gasteiger partial charge is 0.129 e. The molecule has 1 aliphatic heterocycles. The Morgan fingerprint density at radius 3 is 2.67 bits per heavy atom. The maximum absolute atomic E-state index is 5.89. The summed E-state index contributed by atoms with van der Waals surface area (Å²) in [7, 11) is 0. The van der Waals surface area contributed by atoms with Crippen molar-refractivity contribution < 1.29 is 0 Å². The van der Waals surface area contributed by atoms with Crippen LogP contribution >= 0.6 is 11.6 Å². The van der Waals surface area contributed by atoms with Crippen LogP contribution in [0.15, 0.2) is 12.1 Å². The van der Waals surface area contributed by atoms with Crippen LogP contribution in [0, 0.1) is 18.8 Å². The van der Waals surface area contributed by atoms with Crippen LogP contribution in [0.25, 0.3) is 0 Å². The van der Waals surface area contributed by atoms with E-state index in [-0.39, 0.29) is 0 Å². The average Bonchev–Trinajstić information content (AvgIpc) is 2.33. The van der Waals surface area contributed by atoms with Crippen LogP contribution < -0.4 is 4.90 Å². The van der Waals surface area contributed by atoms with Gasteiger partial charge in [0.1, 0.15) is 5.82 Å². The first-order valence-electron chi connectivity index (χ1n) is 6.82. The van der Waals surface area contributed by atoms with Gasteiger partial charge in [-0.05, 0) is 43.7 Å². The number of pyridine rings is 1. The molecule has 0 saturated carbocycles. The molecule has 0 aliphatic carbocycles. The van der Waals surface area contributed by atoms with E-state index in [0.717, 1.165) is 35.5 Å². The highest BCUT2D eigenvalue weighted by molar-refractivity contribution is 6.17. The van der Waals surface area contributed by atoms with Gasteiger partial charge in [-0.15, -0.1) is 11.6 Å². The van der Waals surface area contributed by atoms with Crippen molar-refractivity contribution in [3.05, 3.63) is 23.4 Å². The molecule has 2 nitrogen and oxygen atoms in total. The van der Waals surface area contributed by atoms with Crippen LogP contribution in [-0.2, 0) is 5.88 Å². The van der Waals surface area contributed by atoms with Gasteiger partial charge < -0.3 is 4.90 Å². The van der Waals surface area contributed by atoms with E-state index in [1.807, 2.05) is 6.92 Å². The third kappa shape index (κ3) is 2.64. The van der Waals surface area contributed by atoms with Crippen LogP contribution in [0.3, 0.4) is 0 Å². The summed E-state index contributed by atoms with van der Waals surface area (Å²) in [4.78, 5) is 7.18. The van der Waals surface area contributed by atoms with Crippen molar-refractivity contribution in [2.45, 2.75) is 46.0 Å². The maximum Gasteiger partial charge on any atom is 0.129 e. The maximum atomic E-state index is 5.89. The Balaban J connectivity index is 2.27. The Kier molecular flexibility index (Phi) is 4.16. The molecule has 18 heavy (non-hydrogen) atoms. The second-order valence-corrected chi connectivity index (χ2v) is 6.03. The lowest BCUT2D eigenvalue weighted by Crippen LogP contribution is -2.46. The van der Waals surface area contributed by atoms with Gasteiger partial charge in [0.25, 0.3) is 0 Å². The Morgan fingerprint density at radius 1 is 1.33 bits per heavy atom. The number of piperidine rings is 1. The van der Waals surface area contributed by atoms with Crippen molar-refractivity contribution >= 4 is 17.4 Å².